The maximum atomic E-state index is 6.10. The van der Waals surface area contributed by atoms with E-state index in [0.29, 0.717) is 11.3 Å². The smallest absolute Gasteiger partial charge is 0.138 e. The molecule has 1 N–H and O–H groups in total. The fourth-order valence-corrected chi connectivity index (χ4v) is 3.61. The number of thioether (sulfide) groups is 1. The molecule has 1 fully saturated rings. The van der Waals surface area contributed by atoms with Crippen LogP contribution < -0.4 is 5.32 Å². The summed E-state index contributed by atoms with van der Waals surface area (Å²) in [5.74, 6) is 1.13. The number of rotatable bonds is 3. The zero-order valence-corrected chi connectivity index (χ0v) is 12.2. The second-order valence-electron chi connectivity index (χ2n) is 4.72. The third-order valence-corrected chi connectivity index (χ3v) is 4.77. The second kappa shape index (κ2) is 5.43. The highest BCUT2D eigenvalue weighted by Crippen LogP contribution is 2.31. The summed E-state index contributed by atoms with van der Waals surface area (Å²) in [4.78, 5) is 3.99. The van der Waals surface area contributed by atoms with Crippen LogP contribution in [0.1, 0.15) is 13.3 Å². The van der Waals surface area contributed by atoms with Crippen LogP contribution in [0.4, 0.5) is 5.69 Å². The zero-order valence-electron chi connectivity index (χ0n) is 10.6. The van der Waals surface area contributed by atoms with Crippen LogP contribution in [0.25, 0.3) is 5.69 Å². The summed E-state index contributed by atoms with van der Waals surface area (Å²) >= 11 is 8.10. The molecule has 2 atom stereocenters. The van der Waals surface area contributed by atoms with Gasteiger partial charge in [0.15, 0.2) is 0 Å². The number of anilines is 1. The summed E-state index contributed by atoms with van der Waals surface area (Å²) in [5, 5.41) is 9.20. The van der Waals surface area contributed by atoms with E-state index in [1.807, 2.05) is 30.0 Å². The van der Waals surface area contributed by atoms with Crippen LogP contribution in [0.5, 0.6) is 0 Å². The van der Waals surface area contributed by atoms with Gasteiger partial charge in [-0.1, -0.05) is 18.5 Å². The van der Waals surface area contributed by atoms with Gasteiger partial charge < -0.3 is 5.32 Å². The highest BCUT2D eigenvalue weighted by atomic mass is 35.5. The Bertz CT molecular complexity index is 558. The van der Waals surface area contributed by atoms with Crippen LogP contribution in [0.2, 0.25) is 5.02 Å². The lowest BCUT2D eigenvalue weighted by Gasteiger charge is -2.17. The molecule has 0 aliphatic carbocycles. The number of hydrogen-bond donors (Lipinski definition) is 1. The first-order chi connectivity index (χ1) is 9.22. The minimum atomic E-state index is 0.487. The van der Waals surface area contributed by atoms with Gasteiger partial charge in [0.25, 0.3) is 0 Å². The molecule has 2 heterocycles. The molecule has 0 spiro atoms. The fraction of sp³-hybridized carbons (Fsp3) is 0.385. The Morgan fingerprint density at radius 3 is 3.05 bits per heavy atom. The first kappa shape index (κ1) is 12.8. The quantitative estimate of drug-likeness (QED) is 0.944. The van der Waals surface area contributed by atoms with Crippen LogP contribution in [0.3, 0.4) is 0 Å². The molecule has 19 heavy (non-hydrogen) atoms. The number of halogens is 1. The molecule has 2 unspecified atom stereocenters. The van der Waals surface area contributed by atoms with Crippen LogP contribution in [0, 0.1) is 0 Å². The maximum Gasteiger partial charge on any atom is 0.138 e. The highest BCUT2D eigenvalue weighted by molar-refractivity contribution is 8.00. The van der Waals surface area contributed by atoms with E-state index in [1.165, 1.54) is 12.7 Å². The Hall–Kier alpha value is -1.20. The summed E-state index contributed by atoms with van der Waals surface area (Å²) < 4.78 is 1.75. The molecular formula is C13H15ClN4S. The number of benzene rings is 1. The monoisotopic (exact) mass is 294 g/mol. The van der Waals surface area contributed by atoms with Crippen LogP contribution in [-0.2, 0) is 0 Å². The number of hydrogen-bond acceptors (Lipinski definition) is 4. The molecule has 0 bridgehead atoms. The van der Waals surface area contributed by atoms with Gasteiger partial charge in [0.2, 0.25) is 0 Å². The van der Waals surface area contributed by atoms with Crippen molar-refractivity contribution in [2.24, 2.45) is 0 Å². The minimum Gasteiger partial charge on any atom is -0.380 e. The van der Waals surface area contributed by atoms with E-state index in [-0.39, 0.29) is 0 Å². The number of aromatic nitrogens is 3. The van der Waals surface area contributed by atoms with Gasteiger partial charge in [-0.25, -0.2) is 9.67 Å². The van der Waals surface area contributed by atoms with E-state index in [4.69, 9.17) is 11.6 Å². The van der Waals surface area contributed by atoms with Gasteiger partial charge >= 0.3 is 0 Å². The lowest BCUT2D eigenvalue weighted by molar-refractivity contribution is 0.744. The molecule has 0 amide bonds. The van der Waals surface area contributed by atoms with Crippen molar-refractivity contribution in [2.45, 2.75) is 24.6 Å². The van der Waals surface area contributed by atoms with E-state index >= 15 is 0 Å². The van der Waals surface area contributed by atoms with Crippen molar-refractivity contribution in [3.63, 3.8) is 0 Å². The summed E-state index contributed by atoms with van der Waals surface area (Å²) in [6.45, 7) is 2.27. The van der Waals surface area contributed by atoms with E-state index < -0.39 is 0 Å². The van der Waals surface area contributed by atoms with Crippen LogP contribution in [0.15, 0.2) is 30.9 Å². The van der Waals surface area contributed by atoms with Crippen molar-refractivity contribution in [2.75, 3.05) is 11.1 Å². The van der Waals surface area contributed by atoms with Crippen molar-refractivity contribution in [3.8, 4) is 5.69 Å². The first-order valence-electron chi connectivity index (χ1n) is 6.25. The van der Waals surface area contributed by atoms with Crippen LogP contribution >= 0.6 is 23.4 Å². The normalized spacial score (nSPS) is 22.6. The third kappa shape index (κ3) is 2.87. The van der Waals surface area contributed by atoms with Crippen molar-refractivity contribution in [3.05, 3.63) is 35.9 Å². The molecule has 1 aliphatic rings. The molecule has 1 saturated heterocycles. The topological polar surface area (TPSA) is 42.7 Å². The van der Waals surface area contributed by atoms with Crippen molar-refractivity contribution in [1.82, 2.24) is 14.8 Å². The molecule has 0 radical (unpaired) electrons. The molecule has 4 nitrogen and oxygen atoms in total. The first-order valence-corrected chi connectivity index (χ1v) is 7.68. The molecule has 3 rings (SSSR count). The van der Waals surface area contributed by atoms with Gasteiger partial charge in [-0.2, -0.15) is 16.9 Å². The predicted octanol–water partition coefficient (Wildman–Crippen LogP) is 3.23. The SMILES string of the molecule is CC1CC(Nc2cc(Cl)ccc2-n2cncn2)CS1. The Balaban J connectivity index is 1.89. The third-order valence-electron chi connectivity index (χ3n) is 3.18. The Kier molecular flexibility index (Phi) is 3.66. The van der Waals surface area contributed by atoms with Gasteiger partial charge in [0.1, 0.15) is 12.7 Å². The Labute approximate surface area is 121 Å². The second-order valence-corrected chi connectivity index (χ2v) is 6.63. The summed E-state index contributed by atoms with van der Waals surface area (Å²) in [6.07, 6.45) is 4.40. The lowest BCUT2D eigenvalue weighted by atomic mass is 10.1. The van der Waals surface area contributed by atoms with Gasteiger partial charge in [-0.05, 0) is 24.6 Å². The number of nitrogens with one attached hydrogen (secondary N) is 1. The molecule has 0 saturated carbocycles. The van der Waals surface area contributed by atoms with Gasteiger partial charge in [0, 0.05) is 22.1 Å². The van der Waals surface area contributed by atoms with Crippen LogP contribution in [-0.4, -0.2) is 31.8 Å². The summed E-state index contributed by atoms with van der Waals surface area (Å²) in [5.41, 5.74) is 1.99. The predicted molar refractivity (Wildman–Crippen MR) is 80.3 cm³/mol. The Morgan fingerprint density at radius 1 is 1.47 bits per heavy atom. The van der Waals surface area contributed by atoms with E-state index in [9.17, 15) is 0 Å². The zero-order chi connectivity index (χ0) is 13.2. The van der Waals surface area contributed by atoms with Crippen molar-refractivity contribution >= 4 is 29.1 Å². The number of nitrogens with zero attached hydrogens (tertiary/aromatic N) is 3. The average Bonchev–Trinajstić information content (AvgIpc) is 3.01. The largest absolute Gasteiger partial charge is 0.380 e. The van der Waals surface area contributed by atoms with Gasteiger partial charge in [-0.3, -0.25) is 0 Å². The standard InChI is InChI=1S/C13H15ClN4S/c1-9-4-11(6-19-9)17-12-5-10(14)2-3-13(12)18-8-15-7-16-18/h2-3,5,7-9,11,17H,4,6H2,1H3. The Morgan fingerprint density at radius 2 is 2.37 bits per heavy atom. The van der Waals surface area contributed by atoms with E-state index in [1.54, 1.807) is 11.0 Å². The van der Waals surface area contributed by atoms with E-state index in [2.05, 4.69) is 22.3 Å². The lowest BCUT2D eigenvalue weighted by Crippen LogP contribution is -2.20. The molecule has 1 aromatic carbocycles. The molecular weight excluding hydrogens is 280 g/mol. The summed E-state index contributed by atoms with van der Waals surface area (Å²) in [7, 11) is 0. The molecule has 1 aliphatic heterocycles. The van der Waals surface area contributed by atoms with E-state index in [0.717, 1.165) is 22.2 Å². The molecule has 2 aromatic rings. The highest BCUT2D eigenvalue weighted by Gasteiger charge is 2.22. The minimum absolute atomic E-state index is 0.487. The molecule has 1 aromatic heterocycles. The fourth-order valence-electron chi connectivity index (χ4n) is 2.29. The summed E-state index contributed by atoms with van der Waals surface area (Å²) in [6, 6.07) is 6.27. The van der Waals surface area contributed by atoms with Crippen molar-refractivity contribution in [1.29, 1.82) is 0 Å². The molecule has 6 heteroatoms. The van der Waals surface area contributed by atoms with Gasteiger partial charge in [-0.15, -0.1) is 0 Å². The maximum absolute atomic E-state index is 6.10. The molecule has 100 valence electrons. The average molecular weight is 295 g/mol. The van der Waals surface area contributed by atoms with Crippen molar-refractivity contribution < 1.29 is 0 Å². The van der Waals surface area contributed by atoms with Gasteiger partial charge in [0.05, 0.1) is 11.4 Å².